The third kappa shape index (κ3) is 4.92. The number of fused-ring (bicyclic) bond motifs is 9. The minimum Gasteiger partial charge on any atom is -0.455 e. The molecule has 0 spiro atoms. The number of hydrogen-bond donors (Lipinski definition) is 0. The van der Waals surface area contributed by atoms with Gasteiger partial charge in [0.05, 0.1) is 11.2 Å². The fraction of sp³-hybridized carbons (Fsp3) is 0.0588. The van der Waals surface area contributed by atoms with Crippen molar-refractivity contribution in [3.05, 3.63) is 187 Å². The van der Waals surface area contributed by atoms with Crippen molar-refractivity contribution in [2.45, 2.75) is 19.3 Å². The third-order valence-corrected chi connectivity index (χ3v) is 11.5. The first-order chi connectivity index (χ1) is 27.0. The molecule has 10 aromatic rings. The summed E-state index contributed by atoms with van der Waals surface area (Å²) in [5, 5.41) is 5.50. The van der Waals surface area contributed by atoms with Crippen LogP contribution in [0.25, 0.3) is 77.4 Å². The van der Waals surface area contributed by atoms with E-state index in [1.165, 1.54) is 27.6 Å². The van der Waals surface area contributed by atoms with Crippen molar-refractivity contribution in [1.82, 2.24) is 9.97 Å². The molecule has 4 nitrogen and oxygen atoms in total. The lowest BCUT2D eigenvalue weighted by molar-refractivity contribution is 0.660. The van der Waals surface area contributed by atoms with Gasteiger partial charge in [0.1, 0.15) is 11.2 Å². The SMILES string of the molecule is CC1(C)c2ccccc2-c2ccc(N(c3ccccc3)c3ccc(-c4nc(-c5ccc6c(c5)oc5c7ccccc7ccc65)c5ccccc5n4)cc3)cc21. The van der Waals surface area contributed by atoms with Crippen molar-refractivity contribution in [3.8, 4) is 33.8 Å². The van der Waals surface area contributed by atoms with E-state index < -0.39 is 0 Å². The van der Waals surface area contributed by atoms with E-state index in [9.17, 15) is 0 Å². The molecular weight excluding hydrogens is 671 g/mol. The summed E-state index contributed by atoms with van der Waals surface area (Å²) in [7, 11) is 0. The van der Waals surface area contributed by atoms with Crippen LogP contribution in [0.1, 0.15) is 25.0 Å². The number of rotatable bonds is 5. The highest BCUT2D eigenvalue weighted by atomic mass is 16.3. The summed E-state index contributed by atoms with van der Waals surface area (Å²) < 4.78 is 6.57. The highest BCUT2D eigenvalue weighted by Crippen LogP contribution is 2.50. The van der Waals surface area contributed by atoms with E-state index in [1.807, 2.05) is 12.1 Å². The minimum absolute atomic E-state index is 0.0946. The zero-order chi connectivity index (χ0) is 36.7. The number of aromatic nitrogens is 2. The summed E-state index contributed by atoms with van der Waals surface area (Å²) in [5.41, 5.74) is 14.0. The van der Waals surface area contributed by atoms with E-state index in [1.54, 1.807) is 0 Å². The monoisotopic (exact) mass is 705 g/mol. The first-order valence-electron chi connectivity index (χ1n) is 18.8. The second kappa shape index (κ2) is 12.0. The maximum atomic E-state index is 6.57. The molecule has 2 heterocycles. The number of furan rings is 1. The van der Waals surface area contributed by atoms with Gasteiger partial charge < -0.3 is 9.32 Å². The van der Waals surface area contributed by atoms with Gasteiger partial charge in [-0.05, 0) is 100 Å². The number of benzene rings is 8. The van der Waals surface area contributed by atoms with Gasteiger partial charge in [0.2, 0.25) is 0 Å². The Bertz CT molecular complexity index is 3120. The highest BCUT2D eigenvalue weighted by molar-refractivity contribution is 6.15. The first kappa shape index (κ1) is 31.5. The van der Waals surface area contributed by atoms with Crippen LogP contribution in [0.2, 0.25) is 0 Å². The van der Waals surface area contributed by atoms with Gasteiger partial charge in [0, 0.05) is 55.1 Å². The van der Waals surface area contributed by atoms with Gasteiger partial charge in [-0.15, -0.1) is 0 Å². The molecule has 11 rings (SSSR count). The summed E-state index contributed by atoms with van der Waals surface area (Å²) in [6.07, 6.45) is 0. The highest BCUT2D eigenvalue weighted by Gasteiger charge is 2.35. The fourth-order valence-electron chi connectivity index (χ4n) is 8.69. The van der Waals surface area contributed by atoms with Crippen molar-refractivity contribution in [1.29, 1.82) is 0 Å². The topological polar surface area (TPSA) is 42.2 Å². The Labute approximate surface area is 319 Å². The maximum absolute atomic E-state index is 6.57. The van der Waals surface area contributed by atoms with Gasteiger partial charge in [-0.1, -0.05) is 117 Å². The van der Waals surface area contributed by atoms with Crippen molar-refractivity contribution in [2.24, 2.45) is 0 Å². The Morgan fingerprint density at radius 3 is 2.02 bits per heavy atom. The average Bonchev–Trinajstić information content (AvgIpc) is 3.73. The first-order valence-corrected chi connectivity index (χ1v) is 18.8. The molecule has 0 saturated heterocycles. The molecule has 0 N–H and O–H groups in total. The van der Waals surface area contributed by atoms with Crippen molar-refractivity contribution < 1.29 is 4.42 Å². The number of anilines is 3. The molecular formula is C51H35N3O. The van der Waals surface area contributed by atoms with E-state index in [0.29, 0.717) is 5.82 Å². The second-order valence-electron chi connectivity index (χ2n) is 15.0. The fourth-order valence-corrected chi connectivity index (χ4v) is 8.69. The molecule has 0 unspecified atom stereocenters. The van der Waals surface area contributed by atoms with Crippen LogP contribution >= 0.6 is 0 Å². The van der Waals surface area contributed by atoms with E-state index in [4.69, 9.17) is 14.4 Å². The third-order valence-electron chi connectivity index (χ3n) is 11.5. The summed E-state index contributed by atoms with van der Waals surface area (Å²) in [4.78, 5) is 12.7. The van der Waals surface area contributed by atoms with Gasteiger partial charge in [-0.2, -0.15) is 0 Å². The Balaban J connectivity index is 1.00. The summed E-state index contributed by atoms with van der Waals surface area (Å²) in [6, 6.07) is 62.3. The molecule has 260 valence electrons. The number of nitrogens with zero attached hydrogens (tertiary/aromatic N) is 3. The normalized spacial score (nSPS) is 13.1. The maximum Gasteiger partial charge on any atom is 0.160 e. The zero-order valence-corrected chi connectivity index (χ0v) is 30.5. The largest absolute Gasteiger partial charge is 0.455 e. The van der Waals surface area contributed by atoms with E-state index >= 15 is 0 Å². The van der Waals surface area contributed by atoms with Crippen LogP contribution in [0.4, 0.5) is 17.1 Å². The smallest absolute Gasteiger partial charge is 0.160 e. The molecule has 55 heavy (non-hydrogen) atoms. The lowest BCUT2D eigenvalue weighted by Crippen LogP contribution is -2.16. The Morgan fingerprint density at radius 2 is 1.15 bits per heavy atom. The van der Waals surface area contributed by atoms with Crippen molar-refractivity contribution in [3.63, 3.8) is 0 Å². The van der Waals surface area contributed by atoms with Crippen LogP contribution in [0.3, 0.4) is 0 Å². The van der Waals surface area contributed by atoms with Crippen LogP contribution in [-0.4, -0.2) is 9.97 Å². The van der Waals surface area contributed by atoms with E-state index in [-0.39, 0.29) is 5.41 Å². The van der Waals surface area contributed by atoms with Crippen LogP contribution in [0.15, 0.2) is 180 Å². The van der Waals surface area contributed by atoms with Crippen molar-refractivity contribution >= 4 is 60.7 Å². The molecule has 0 radical (unpaired) electrons. The molecule has 8 aromatic carbocycles. The molecule has 0 bridgehead atoms. The van der Waals surface area contributed by atoms with Crippen molar-refractivity contribution in [2.75, 3.05) is 4.90 Å². The number of para-hydroxylation sites is 2. The molecule has 0 atom stereocenters. The quantitative estimate of drug-likeness (QED) is 0.179. The van der Waals surface area contributed by atoms with Crippen LogP contribution in [0.5, 0.6) is 0 Å². The molecule has 2 aromatic heterocycles. The van der Waals surface area contributed by atoms with Gasteiger partial charge in [0.25, 0.3) is 0 Å². The zero-order valence-electron chi connectivity index (χ0n) is 30.5. The number of hydrogen-bond acceptors (Lipinski definition) is 4. The predicted octanol–water partition coefficient (Wildman–Crippen LogP) is 13.8. The minimum atomic E-state index is -0.0946. The lowest BCUT2D eigenvalue weighted by Gasteiger charge is -2.28. The van der Waals surface area contributed by atoms with E-state index in [0.717, 1.165) is 72.1 Å². The molecule has 0 aliphatic heterocycles. The Morgan fingerprint density at radius 1 is 0.473 bits per heavy atom. The Kier molecular flexibility index (Phi) is 6.86. The second-order valence-corrected chi connectivity index (χ2v) is 15.0. The van der Waals surface area contributed by atoms with E-state index in [2.05, 4.69) is 183 Å². The molecule has 0 fully saturated rings. The van der Waals surface area contributed by atoms with Gasteiger partial charge in [-0.25, -0.2) is 9.97 Å². The standard InChI is InChI=1S/C51H35N3O/c1-51(2)44-18-10-8-16-39(44)40-29-26-37(31-45(40)51)54(35-13-4-3-5-14-35)36-24-20-33(21-25-36)50-52-46-19-11-9-17-43(46)48(53-50)34-23-27-41-42-28-22-32-12-6-7-15-38(32)49(42)55-47(41)30-34/h3-31H,1-2H3. The molecule has 4 heteroatoms. The van der Waals surface area contributed by atoms with Gasteiger partial charge >= 0.3 is 0 Å². The van der Waals surface area contributed by atoms with Crippen LogP contribution < -0.4 is 4.90 Å². The molecule has 1 aliphatic carbocycles. The Hall–Kier alpha value is -7.04. The van der Waals surface area contributed by atoms with Crippen LogP contribution in [-0.2, 0) is 5.41 Å². The molecule has 0 saturated carbocycles. The summed E-state index contributed by atoms with van der Waals surface area (Å²) in [5.74, 6) is 0.680. The van der Waals surface area contributed by atoms with Crippen LogP contribution in [0, 0.1) is 0 Å². The average molecular weight is 706 g/mol. The summed E-state index contributed by atoms with van der Waals surface area (Å²) >= 11 is 0. The van der Waals surface area contributed by atoms with Gasteiger partial charge in [-0.3, -0.25) is 0 Å². The molecule has 0 amide bonds. The summed E-state index contributed by atoms with van der Waals surface area (Å²) in [6.45, 7) is 4.66. The molecule has 1 aliphatic rings. The lowest BCUT2D eigenvalue weighted by atomic mass is 9.82. The predicted molar refractivity (Wildman–Crippen MR) is 227 cm³/mol. The van der Waals surface area contributed by atoms with Gasteiger partial charge in [0.15, 0.2) is 5.82 Å².